The average molecular weight is 168 g/mol. The fourth-order valence-electron chi connectivity index (χ4n) is 1.31. The third-order valence-corrected chi connectivity index (χ3v) is 2.87. The molecule has 0 amide bonds. The molecule has 1 aromatic rings. The summed E-state index contributed by atoms with van der Waals surface area (Å²) >= 11 is 0. The molecule has 1 rings (SSSR count). The summed E-state index contributed by atoms with van der Waals surface area (Å²) in [6, 6.07) is 0. The van der Waals surface area contributed by atoms with Gasteiger partial charge in [0.1, 0.15) is 5.76 Å². The maximum absolute atomic E-state index is 11.1. The second-order valence-corrected chi connectivity index (χ2v) is 3.68. The molecule has 0 aromatic carbocycles. The van der Waals surface area contributed by atoms with Crippen LogP contribution in [-0.4, -0.2) is 16.0 Å². The van der Waals surface area contributed by atoms with Gasteiger partial charge in [0.15, 0.2) is 5.78 Å². The van der Waals surface area contributed by atoms with Gasteiger partial charge < -0.3 is 4.42 Å². The highest BCUT2D eigenvalue weighted by Crippen LogP contribution is 2.12. The van der Waals surface area contributed by atoms with Gasteiger partial charge in [-0.1, -0.05) is 0 Å². The highest BCUT2D eigenvalue weighted by atomic mass is 28.1. The molecule has 0 aliphatic carbocycles. The molecular formula is C8H12O2Si. The molecule has 0 bridgehead atoms. The van der Waals surface area contributed by atoms with E-state index in [1.165, 1.54) is 0 Å². The lowest BCUT2D eigenvalue weighted by Gasteiger charge is -1.91. The number of hydrogen-bond donors (Lipinski definition) is 0. The van der Waals surface area contributed by atoms with Crippen LogP contribution in [0.25, 0.3) is 0 Å². The largest absolute Gasteiger partial charge is 0.472 e. The van der Waals surface area contributed by atoms with Crippen LogP contribution in [0, 0.1) is 13.8 Å². The topological polar surface area (TPSA) is 30.2 Å². The molecule has 0 radical (unpaired) electrons. The standard InChI is InChI=1S/C8H12O2Si/c1-4-7(5(2)9)6(3)10-8(4)11/h1-3,11H3. The normalized spacial score (nSPS) is 10.5. The maximum atomic E-state index is 11.1. The van der Waals surface area contributed by atoms with Gasteiger partial charge in [0.05, 0.1) is 21.2 Å². The van der Waals surface area contributed by atoms with Crippen molar-refractivity contribution >= 4 is 21.4 Å². The molecule has 0 saturated heterocycles. The molecule has 1 aromatic heterocycles. The number of rotatable bonds is 1. The second-order valence-electron chi connectivity index (χ2n) is 2.77. The monoisotopic (exact) mass is 168 g/mol. The fraction of sp³-hybridized carbons (Fsp3) is 0.375. The first-order valence-corrected chi connectivity index (χ1v) is 4.61. The van der Waals surface area contributed by atoms with Crippen molar-refractivity contribution in [3.63, 3.8) is 0 Å². The third-order valence-electron chi connectivity index (χ3n) is 1.91. The molecule has 0 N–H and O–H groups in total. The van der Waals surface area contributed by atoms with Crippen LogP contribution in [-0.2, 0) is 0 Å². The molecule has 0 saturated carbocycles. The van der Waals surface area contributed by atoms with E-state index >= 15 is 0 Å². The van der Waals surface area contributed by atoms with Crippen LogP contribution in [0.15, 0.2) is 4.42 Å². The summed E-state index contributed by atoms with van der Waals surface area (Å²) in [5.74, 6) is 0.867. The number of furan rings is 1. The van der Waals surface area contributed by atoms with E-state index < -0.39 is 0 Å². The third kappa shape index (κ3) is 1.28. The zero-order valence-electron chi connectivity index (χ0n) is 7.32. The SMILES string of the molecule is CC(=O)c1c(C)oc([SiH3])c1C. The van der Waals surface area contributed by atoms with Gasteiger partial charge in [0, 0.05) is 0 Å². The minimum absolute atomic E-state index is 0.103. The molecule has 0 atom stereocenters. The van der Waals surface area contributed by atoms with Crippen molar-refractivity contribution in [2.24, 2.45) is 0 Å². The van der Waals surface area contributed by atoms with Crippen LogP contribution in [0.1, 0.15) is 28.6 Å². The lowest BCUT2D eigenvalue weighted by molar-refractivity contribution is 0.101. The number of ketones is 1. The Kier molecular flexibility index (Phi) is 2.00. The van der Waals surface area contributed by atoms with Crippen LogP contribution in [0.5, 0.6) is 0 Å². The number of hydrogen-bond acceptors (Lipinski definition) is 2. The molecule has 3 heteroatoms. The molecule has 0 aliphatic rings. The first kappa shape index (κ1) is 8.27. The summed E-state index contributed by atoms with van der Waals surface area (Å²) < 4.78 is 5.35. The van der Waals surface area contributed by atoms with Gasteiger partial charge >= 0.3 is 0 Å². The van der Waals surface area contributed by atoms with E-state index in [0.717, 1.165) is 32.5 Å². The minimum Gasteiger partial charge on any atom is -0.472 e. The second kappa shape index (κ2) is 2.66. The van der Waals surface area contributed by atoms with Crippen LogP contribution in [0.2, 0.25) is 0 Å². The van der Waals surface area contributed by atoms with Crippen molar-refractivity contribution in [3.05, 3.63) is 16.9 Å². The van der Waals surface area contributed by atoms with E-state index in [0.29, 0.717) is 0 Å². The van der Waals surface area contributed by atoms with Gasteiger partial charge in [-0.05, 0) is 26.3 Å². The summed E-state index contributed by atoms with van der Waals surface area (Å²) in [5, 5.41) is 0.979. The van der Waals surface area contributed by atoms with E-state index in [1.54, 1.807) is 6.92 Å². The molecule has 0 spiro atoms. The summed E-state index contributed by atoms with van der Waals surface area (Å²) in [4.78, 5) is 11.1. The van der Waals surface area contributed by atoms with Gasteiger partial charge in [0.2, 0.25) is 0 Å². The van der Waals surface area contributed by atoms with Crippen molar-refractivity contribution in [2.75, 3.05) is 0 Å². The molecule has 2 nitrogen and oxygen atoms in total. The molecular weight excluding hydrogens is 156 g/mol. The van der Waals surface area contributed by atoms with E-state index in [2.05, 4.69) is 0 Å². The van der Waals surface area contributed by atoms with Crippen molar-refractivity contribution in [3.8, 4) is 0 Å². The predicted octanol–water partition coefficient (Wildman–Crippen LogP) is 0.0897. The Morgan fingerprint density at radius 1 is 1.45 bits per heavy atom. The number of carbonyl (C=O) groups is 1. The molecule has 0 unspecified atom stereocenters. The zero-order valence-corrected chi connectivity index (χ0v) is 9.32. The Labute approximate surface area is 69.0 Å². The lowest BCUT2D eigenvalue weighted by atomic mass is 10.1. The van der Waals surface area contributed by atoms with Gasteiger partial charge in [-0.25, -0.2) is 0 Å². The molecule has 0 fully saturated rings. The van der Waals surface area contributed by atoms with E-state index in [9.17, 15) is 4.79 Å². The highest BCUT2D eigenvalue weighted by Gasteiger charge is 2.13. The molecule has 60 valence electrons. The zero-order chi connectivity index (χ0) is 8.59. The van der Waals surface area contributed by atoms with Gasteiger partial charge in [-0.3, -0.25) is 4.79 Å². The number of carbonyl (C=O) groups excluding carboxylic acids is 1. The van der Waals surface area contributed by atoms with Crippen LogP contribution >= 0.6 is 0 Å². The average Bonchev–Trinajstić information content (AvgIpc) is 2.07. The summed E-state index contributed by atoms with van der Waals surface area (Å²) in [6.45, 7) is 5.35. The summed E-state index contributed by atoms with van der Waals surface area (Å²) in [5.41, 5.74) is 1.80. The van der Waals surface area contributed by atoms with E-state index in [-0.39, 0.29) is 5.78 Å². The smallest absolute Gasteiger partial charge is 0.163 e. The molecule has 0 aliphatic heterocycles. The van der Waals surface area contributed by atoms with E-state index in [1.807, 2.05) is 13.8 Å². The predicted molar refractivity (Wildman–Crippen MR) is 47.8 cm³/mol. The van der Waals surface area contributed by atoms with Crippen molar-refractivity contribution in [1.29, 1.82) is 0 Å². The Balaban J connectivity index is 3.34. The number of aryl methyl sites for hydroxylation is 1. The van der Waals surface area contributed by atoms with Crippen molar-refractivity contribution in [2.45, 2.75) is 20.8 Å². The Morgan fingerprint density at radius 3 is 2.18 bits per heavy atom. The van der Waals surface area contributed by atoms with Crippen LogP contribution in [0.3, 0.4) is 0 Å². The first-order chi connectivity index (χ1) is 5.04. The van der Waals surface area contributed by atoms with Crippen molar-refractivity contribution in [1.82, 2.24) is 0 Å². The number of Topliss-reactive ketones (excluding diaryl/α,β-unsaturated/α-hetero) is 1. The minimum atomic E-state index is 0.103. The Hall–Kier alpha value is -0.833. The Bertz CT molecular complexity index is 299. The lowest BCUT2D eigenvalue weighted by Crippen LogP contribution is -2.04. The Morgan fingerprint density at radius 2 is 2.00 bits per heavy atom. The fourth-order valence-corrected chi connectivity index (χ4v) is 1.87. The quantitative estimate of drug-likeness (QED) is 0.439. The van der Waals surface area contributed by atoms with Crippen LogP contribution in [0.4, 0.5) is 0 Å². The summed E-state index contributed by atoms with van der Waals surface area (Å²) in [7, 11) is 0.872. The maximum Gasteiger partial charge on any atom is 0.163 e. The van der Waals surface area contributed by atoms with Gasteiger partial charge in [-0.2, -0.15) is 0 Å². The van der Waals surface area contributed by atoms with Crippen LogP contribution < -0.4 is 5.38 Å². The van der Waals surface area contributed by atoms with Gasteiger partial charge in [0.25, 0.3) is 0 Å². The molecule has 11 heavy (non-hydrogen) atoms. The van der Waals surface area contributed by atoms with E-state index in [4.69, 9.17) is 4.42 Å². The first-order valence-electron chi connectivity index (χ1n) is 3.61. The molecule has 1 heterocycles. The summed E-state index contributed by atoms with van der Waals surface area (Å²) in [6.07, 6.45) is 0. The highest BCUT2D eigenvalue weighted by molar-refractivity contribution is 6.31. The van der Waals surface area contributed by atoms with Gasteiger partial charge in [-0.15, -0.1) is 0 Å². The van der Waals surface area contributed by atoms with Crippen molar-refractivity contribution < 1.29 is 9.21 Å².